The van der Waals surface area contributed by atoms with Gasteiger partial charge >= 0.3 is 0 Å². The summed E-state index contributed by atoms with van der Waals surface area (Å²) in [5.74, 6) is -1.69. The van der Waals surface area contributed by atoms with E-state index in [0.29, 0.717) is 21.4 Å². The average Bonchev–Trinajstić information content (AvgIpc) is 2.95. The van der Waals surface area contributed by atoms with Crippen LogP contribution in [0.25, 0.3) is 0 Å². The van der Waals surface area contributed by atoms with Gasteiger partial charge in [-0.1, -0.05) is 35.3 Å². The second-order valence-corrected chi connectivity index (χ2v) is 10.9. The van der Waals surface area contributed by atoms with Gasteiger partial charge < -0.3 is 10.6 Å². The second-order valence-electron chi connectivity index (χ2n) is 7.93. The Labute approximate surface area is 192 Å². The minimum absolute atomic E-state index is 0.0132. The van der Waals surface area contributed by atoms with Crippen molar-refractivity contribution in [3.05, 3.63) is 57.6 Å². The highest BCUT2D eigenvalue weighted by molar-refractivity contribution is 7.91. The predicted molar refractivity (Wildman–Crippen MR) is 125 cm³/mol. The third kappa shape index (κ3) is 5.99. The number of benzene rings is 2. The van der Waals surface area contributed by atoms with Crippen LogP contribution in [-0.4, -0.2) is 31.7 Å². The Kier molecular flexibility index (Phi) is 7.29. The van der Waals surface area contributed by atoms with E-state index in [1.54, 1.807) is 50.2 Å². The molecule has 2 aromatic carbocycles. The number of sulfone groups is 1. The summed E-state index contributed by atoms with van der Waals surface area (Å²) in [4.78, 5) is 25.2. The van der Waals surface area contributed by atoms with Crippen molar-refractivity contribution in [2.45, 2.75) is 26.7 Å². The van der Waals surface area contributed by atoms with Crippen LogP contribution in [0.4, 0.5) is 11.4 Å². The highest BCUT2D eigenvalue weighted by atomic mass is 35.5. The van der Waals surface area contributed by atoms with Crippen LogP contribution in [0.5, 0.6) is 0 Å². The molecule has 1 fully saturated rings. The molecule has 166 valence electrons. The third-order valence-electron chi connectivity index (χ3n) is 5.58. The summed E-state index contributed by atoms with van der Waals surface area (Å²) >= 11 is 12.2. The highest BCUT2D eigenvalue weighted by Gasteiger charge is 2.39. The molecule has 0 spiro atoms. The molecular weight excluding hydrogens is 459 g/mol. The van der Waals surface area contributed by atoms with Gasteiger partial charge in [-0.25, -0.2) is 8.42 Å². The first kappa shape index (κ1) is 23.6. The molecule has 2 aromatic rings. The van der Waals surface area contributed by atoms with Gasteiger partial charge in [0.15, 0.2) is 9.84 Å². The van der Waals surface area contributed by atoms with Crippen LogP contribution in [0.3, 0.4) is 0 Å². The van der Waals surface area contributed by atoms with Crippen LogP contribution in [0.15, 0.2) is 36.4 Å². The Balaban J connectivity index is 1.66. The number of nitrogens with one attached hydrogen (secondary N) is 2. The summed E-state index contributed by atoms with van der Waals surface area (Å²) in [6.45, 7) is 3.59. The lowest BCUT2D eigenvalue weighted by Gasteiger charge is -2.18. The van der Waals surface area contributed by atoms with Crippen LogP contribution >= 0.6 is 23.2 Å². The second kappa shape index (κ2) is 9.59. The molecule has 1 heterocycles. The highest BCUT2D eigenvalue weighted by Crippen LogP contribution is 2.32. The van der Waals surface area contributed by atoms with Crippen LogP contribution in [0.1, 0.15) is 24.0 Å². The van der Waals surface area contributed by atoms with Crippen molar-refractivity contribution in [3.8, 4) is 0 Å². The molecule has 9 heteroatoms. The van der Waals surface area contributed by atoms with Crippen LogP contribution in [0, 0.1) is 25.7 Å². The Morgan fingerprint density at radius 1 is 0.839 bits per heavy atom. The molecule has 2 atom stereocenters. The molecule has 2 amide bonds. The maximum Gasteiger partial charge on any atom is 0.224 e. The van der Waals surface area contributed by atoms with Gasteiger partial charge in [-0.15, -0.1) is 0 Å². The first-order chi connectivity index (χ1) is 14.6. The van der Waals surface area contributed by atoms with E-state index < -0.39 is 21.7 Å². The third-order valence-corrected chi connectivity index (χ3v) is 8.27. The van der Waals surface area contributed by atoms with Crippen LogP contribution in [0.2, 0.25) is 10.0 Å². The number of hydrogen-bond donors (Lipinski definition) is 2. The lowest BCUT2D eigenvalue weighted by atomic mass is 9.89. The molecule has 31 heavy (non-hydrogen) atoms. The molecule has 1 saturated heterocycles. The summed E-state index contributed by atoms with van der Waals surface area (Å²) in [5.41, 5.74) is 2.65. The molecule has 6 nitrogen and oxygen atoms in total. The average molecular weight is 483 g/mol. The first-order valence-corrected chi connectivity index (χ1v) is 12.4. The van der Waals surface area contributed by atoms with Gasteiger partial charge in [0.1, 0.15) is 0 Å². The molecule has 0 aliphatic carbocycles. The number of hydrogen-bond acceptors (Lipinski definition) is 4. The van der Waals surface area contributed by atoms with Crippen molar-refractivity contribution < 1.29 is 18.0 Å². The van der Waals surface area contributed by atoms with Gasteiger partial charge in [0, 0.05) is 34.3 Å². The Morgan fingerprint density at radius 2 is 1.23 bits per heavy atom. The van der Waals surface area contributed by atoms with Crippen molar-refractivity contribution >= 4 is 56.2 Å². The minimum Gasteiger partial charge on any atom is -0.326 e. The predicted octanol–water partition coefficient (Wildman–Crippen LogP) is 4.63. The topological polar surface area (TPSA) is 92.3 Å². The summed E-state index contributed by atoms with van der Waals surface area (Å²) in [7, 11) is -3.31. The SMILES string of the molecule is Cc1c(Cl)cccc1NC(=O)C[C@H]1CS(=O)(=O)C[C@@H]1CC(=O)Nc1cccc(Cl)c1C. The lowest BCUT2D eigenvalue weighted by Crippen LogP contribution is -2.25. The van der Waals surface area contributed by atoms with Gasteiger partial charge in [-0.05, 0) is 61.1 Å². The summed E-state index contributed by atoms with van der Waals surface area (Å²) in [6.07, 6.45) is 0.0264. The number of carbonyl (C=O) groups excluding carboxylic acids is 2. The van der Waals surface area contributed by atoms with Crippen molar-refractivity contribution in [1.82, 2.24) is 0 Å². The van der Waals surface area contributed by atoms with Crippen molar-refractivity contribution in [1.29, 1.82) is 0 Å². The number of amides is 2. The molecule has 1 aliphatic heterocycles. The number of rotatable bonds is 6. The number of carbonyl (C=O) groups is 2. The summed E-state index contributed by atoms with van der Waals surface area (Å²) in [5, 5.41) is 6.67. The Hall–Kier alpha value is -2.09. The van der Waals surface area contributed by atoms with E-state index in [1.807, 2.05) is 0 Å². The van der Waals surface area contributed by atoms with E-state index >= 15 is 0 Å². The smallest absolute Gasteiger partial charge is 0.224 e. The molecule has 2 N–H and O–H groups in total. The Bertz CT molecular complexity index is 1040. The lowest BCUT2D eigenvalue weighted by molar-refractivity contribution is -0.119. The van der Waals surface area contributed by atoms with Gasteiger partial charge in [-0.2, -0.15) is 0 Å². The number of anilines is 2. The maximum atomic E-state index is 12.6. The van der Waals surface area contributed by atoms with E-state index in [0.717, 1.165) is 11.1 Å². The maximum absolute atomic E-state index is 12.6. The van der Waals surface area contributed by atoms with E-state index in [4.69, 9.17) is 23.2 Å². The summed E-state index contributed by atoms with van der Waals surface area (Å²) in [6, 6.07) is 10.4. The molecule has 0 unspecified atom stereocenters. The van der Waals surface area contributed by atoms with E-state index in [2.05, 4.69) is 10.6 Å². The van der Waals surface area contributed by atoms with Crippen LogP contribution < -0.4 is 10.6 Å². The van der Waals surface area contributed by atoms with E-state index in [9.17, 15) is 18.0 Å². The number of halogens is 2. The quantitative estimate of drug-likeness (QED) is 0.627. The van der Waals surface area contributed by atoms with Crippen molar-refractivity contribution in [3.63, 3.8) is 0 Å². The fraction of sp³-hybridized carbons (Fsp3) is 0.364. The zero-order valence-corrected chi connectivity index (χ0v) is 19.6. The largest absolute Gasteiger partial charge is 0.326 e. The zero-order valence-electron chi connectivity index (χ0n) is 17.2. The van der Waals surface area contributed by atoms with E-state index in [1.165, 1.54) is 0 Å². The van der Waals surface area contributed by atoms with Gasteiger partial charge in [0.25, 0.3) is 0 Å². The fourth-order valence-electron chi connectivity index (χ4n) is 3.81. The molecule has 0 bridgehead atoms. The first-order valence-electron chi connectivity index (χ1n) is 9.86. The molecule has 0 saturated carbocycles. The molecular formula is C22H24Cl2N2O4S. The monoisotopic (exact) mass is 482 g/mol. The molecule has 1 aliphatic rings. The molecule has 0 aromatic heterocycles. The molecule has 3 rings (SSSR count). The van der Waals surface area contributed by atoms with E-state index in [-0.39, 0.29) is 36.2 Å². The Morgan fingerprint density at radius 3 is 1.61 bits per heavy atom. The van der Waals surface area contributed by atoms with Gasteiger partial charge in [0.05, 0.1) is 11.5 Å². The fourth-order valence-corrected chi connectivity index (χ4v) is 6.38. The normalized spacial score (nSPS) is 19.7. The van der Waals surface area contributed by atoms with Crippen LogP contribution in [-0.2, 0) is 19.4 Å². The minimum atomic E-state index is -3.31. The molecule has 0 radical (unpaired) electrons. The van der Waals surface area contributed by atoms with Gasteiger partial charge in [0.2, 0.25) is 11.8 Å². The van der Waals surface area contributed by atoms with Crippen molar-refractivity contribution in [2.24, 2.45) is 11.8 Å². The zero-order chi connectivity index (χ0) is 22.8. The van der Waals surface area contributed by atoms with Gasteiger partial charge in [-0.3, -0.25) is 9.59 Å². The summed E-state index contributed by atoms with van der Waals surface area (Å²) < 4.78 is 24.5. The standard InChI is InChI=1S/C22H24Cl2N2O4S/c1-13-17(23)5-3-7-19(13)25-21(27)9-15-11-31(29,30)12-16(15)10-22(28)26-20-8-4-6-18(24)14(20)2/h3-8,15-16H,9-12H2,1-2H3,(H,25,27)(H,26,28)/t15-,16-/m0/s1. The van der Waals surface area contributed by atoms with Crippen molar-refractivity contribution in [2.75, 3.05) is 22.1 Å².